The molecule has 0 radical (unpaired) electrons. The molecule has 0 unspecified atom stereocenters. The van der Waals surface area contributed by atoms with Gasteiger partial charge in [-0.2, -0.15) is 0 Å². The first kappa shape index (κ1) is 16.4. The second kappa shape index (κ2) is 6.95. The minimum absolute atomic E-state index is 0.0192. The molecule has 1 atom stereocenters. The molecule has 1 aliphatic rings. The lowest BCUT2D eigenvalue weighted by atomic mass is 9.98. The van der Waals surface area contributed by atoms with Crippen LogP contribution in [0.2, 0.25) is 0 Å². The van der Waals surface area contributed by atoms with E-state index < -0.39 is 11.9 Å². The number of nitrogens with zero attached hydrogens (tertiary/aromatic N) is 2. The van der Waals surface area contributed by atoms with Crippen molar-refractivity contribution >= 4 is 22.8 Å². The Morgan fingerprint density at radius 1 is 1.33 bits per heavy atom. The Labute approximate surface area is 140 Å². The highest BCUT2D eigenvalue weighted by Gasteiger charge is 2.27. The molecule has 0 spiro atoms. The van der Waals surface area contributed by atoms with Gasteiger partial charge in [-0.3, -0.25) is 9.59 Å². The van der Waals surface area contributed by atoms with E-state index in [4.69, 9.17) is 9.84 Å². The van der Waals surface area contributed by atoms with Crippen molar-refractivity contribution in [2.45, 2.75) is 25.8 Å². The maximum absolute atomic E-state index is 12.4. The van der Waals surface area contributed by atoms with Crippen LogP contribution in [0, 0.1) is 5.92 Å². The quantitative estimate of drug-likeness (QED) is 0.913. The van der Waals surface area contributed by atoms with Gasteiger partial charge in [0.25, 0.3) is 0 Å². The molecule has 0 aliphatic carbocycles. The first-order valence-corrected chi connectivity index (χ1v) is 8.22. The van der Waals surface area contributed by atoms with Crippen LogP contribution in [-0.4, -0.2) is 46.6 Å². The minimum Gasteiger partial charge on any atom is -0.496 e. The molecule has 128 valence electrons. The van der Waals surface area contributed by atoms with Crippen molar-refractivity contribution in [1.29, 1.82) is 0 Å². The smallest absolute Gasteiger partial charge is 0.308 e. The predicted molar refractivity (Wildman–Crippen MR) is 90.0 cm³/mol. The van der Waals surface area contributed by atoms with Gasteiger partial charge < -0.3 is 19.3 Å². The standard InChI is InChI=1S/C18H22N2O4/c1-24-16-6-2-5-15-14(16)7-10-19(15)11-8-17(21)20-9-3-4-13(12-20)18(22)23/h2,5-7,10,13H,3-4,8-9,11-12H2,1H3,(H,22,23)/t13-/m0/s1. The van der Waals surface area contributed by atoms with Crippen molar-refractivity contribution in [2.24, 2.45) is 5.92 Å². The average Bonchev–Trinajstić information content (AvgIpc) is 3.03. The molecule has 1 aliphatic heterocycles. The Bertz CT molecular complexity index is 753. The number of carboxylic acid groups (broad SMARTS) is 1. The predicted octanol–water partition coefficient (Wildman–Crippen LogP) is 2.36. The number of carboxylic acids is 1. The maximum Gasteiger partial charge on any atom is 0.308 e. The summed E-state index contributed by atoms with van der Waals surface area (Å²) in [6, 6.07) is 7.84. The van der Waals surface area contributed by atoms with E-state index in [1.165, 1.54) is 0 Å². The van der Waals surface area contributed by atoms with E-state index in [-0.39, 0.29) is 5.91 Å². The Balaban J connectivity index is 1.65. The number of amides is 1. The molecule has 2 heterocycles. The largest absolute Gasteiger partial charge is 0.496 e. The summed E-state index contributed by atoms with van der Waals surface area (Å²) < 4.78 is 7.39. The van der Waals surface area contributed by atoms with E-state index in [1.54, 1.807) is 12.0 Å². The Hall–Kier alpha value is -2.50. The Morgan fingerprint density at radius 2 is 2.17 bits per heavy atom. The number of piperidine rings is 1. The van der Waals surface area contributed by atoms with Crippen LogP contribution in [0.5, 0.6) is 5.75 Å². The van der Waals surface area contributed by atoms with Crippen molar-refractivity contribution < 1.29 is 19.4 Å². The average molecular weight is 330 g/mol. The molecular formula is C18H22N2O4. The molecule has 2 aromatic rings. The van der Waals surface area contributed by atoms with Crippen LogP contribution in [0.1, 0.15) is 19.3 Å². The van der Waals surface area contributed by atoms with E-state index in [0.29, 0.717) is 32.5 Å². The highest BCUT2D eigenvalue weighted by atomic mass is 16.5. The molecule has 6 nitrogen and oxygen atoms in total. The summed E-state index contributed by atoms with van der Waals surface area (Å²) in [6.07, 6.45) is 3.73. The number of carbonyl (C=O) groups excluding carboxylic acids is 1. The second-order valence-electron chi connectivity index (χ2n) is 6.17. The molecule has 0 bridgehead atoms. The third-order valence-electron chi connectivity index (χ3n) is 4.68. The summed E-state index contributed by atoms with van der Waals surface area (Å²) in [6.45, 7) is 1.56. The fourth-order valence-corrected chi connectivity index (χ4v) is 3.35. The van der Waals surface area contributed by atoms with Crippen LogP contribution in [0.4, 0.5) is 0 Å². The van der Waals surface area contributed by atoms with Crippen LogP contribution < -0.4 is 4.74 Å². The number of methoxy groups -OCH3 is 1. The molecule has 0 saturated carbocycles. The molecule has 3 rings (SSSR count). The van der Waals surface area contributed by atoms with Crippen LogP contribution in [0.25, 0.3) is 10.9 Å². The monoisotopic (exact) mass is 330 g/mol. The zero-order valence-electron chi connectivity index (χ0n) is 13.8. The number of carbonyl (C=O) groups is 2. The summed E-state index contributed by atoms with van der Waals surface area (Å²) >= 11 is 0. The van der Waals surface area contributed by atoms with Gasteiger partial charge in [-0.05, 0) is 31.0 Å². The number of aromatic nitrogens is 1. The number of fused-ring (bicyclic) bond motifs is 1. The molecule has 1 saturated heterocycles. The van der Waals surface area contributed by atoms with Gasteiger partial charge in [0.2, 0.25) is 5.91 Å². The third kappa shape index (κ3) is 3.22. The summed E-state index contributed by atoms with van der Waals surface area (Å²) in [4.78, 5) is 25.2. The van der Waals surface area contributed by atoms with Gasteiger partial charge >= 0.3 is 5.97 Å². The molecule has 1 aromatic carbocycles. The van der Waals surface area contributed by atoms with E-state index in [9.17, 15) is 9.59 Å². The fourth-order valence-electron chi connectivity index (χ4n) is 3.35. The SMILES string of the molecule is COc1cccc2c1ccn2CCC(=O)N1CCC[C@H](C(=O)O)C1. The lowest BCUT2D eigenvalue weighted by Gasteiger charge is -2.30. The first-order chi connectivity index (χ1) is 11.6. The summed E-state index contributed by atoms with van der Waals surface area (Å²) in [5, 5.41) is 10.2. The van der Waals surface area contributed by atoms with Crippen molar-refractivity contribution in [3.63, 3.8) is 0 Å². The number of rotatable bonds is 5. The zero-order valence-corrected chi connectivity index (χ0v) is 13.8. The van der Waals surface area contributed by atoms with Gasteiger partial charge in [0, 0.05) is 37.6 Å². The normalized spacial score (nSPS) is 17.9. The van der Waals surface area contributed by atoms with Crippen molar-refractivity contribution in [3.8, 4) is 5.75 Å². The van der Waals surface area contributed by atoms with Crippen molar-refractivity contribution in [2.75, 3.05) is 20.2 Å². The Kier molecular flexibility index (Phi) is 4.74. The number of ether oxygens (including phenoxy) is 1. The molecule has 1 aromatic heterocycles. The van der Waals surface area contributed by atoms with E-state index >= 15 is 0 Å². The van der Waals surface area contributed by atoms with E-state index in [2.05, 4.69) is 0 Å². The molecule has 1 N–H and O–H groups in total. The molecule has 24 heavy (non-hydrogen) atoms. The number of hydrogen-bond donors (Lipinski definition) is 1. The van der Waals surface area contributed by atoms with E-state index in [0.717, 1.165) is 23.1 Å². The highest BCUT2D eigenvalue weighted by Crippen LogP contribution is 2.26. The lowest BCUT2D eigenvalue weighted by Crippen LogP contribution is -2.42. The van der Waals surface area contributed by atoms with Crippen molar-refractivity contribution in [1.82, 2.24) is 9.47 Å². The number of benzene rings is 1. The second-order valence-corrected chi connectivity index (χ2v) is 6.17. The summed E-state index contributed by atoms with van der Waals surface area (Å²) in [7, 11) is 1.64. The van der Waals surface area contributed by atoms with Gasteiger partial charge in [0.1, 0.15) is 5.75 Å². The summed E-state index contributed by atoms with van der Waals surface area (Å²) in [5.74, 6) is -0.404. The molecule has 1 fully saturated rings. The van der Waals surface area contributed by atoms with Crippen LogP contribution >= 0.6 is 0 Å². The van der Waals surface area contributed by atoms with Crippen LogP contribution in [-0.2, 0) is 16.1 Å². The third-order valence-corrected chi connectivity index (χ3v) is 4.68. The van der Waals surface area contributed by atoms with Gasteiger partial charge in [-0.25, -0.2) is 0 Å². The van der Waals surface area contributed by atoms with E-state index in [1.807, 2.05) is 35.0 Å². The van der Waals surface area contributed by atoms with Crippen LogP contribution in [0.3, 0.4) is 0 Å². The van der Waals surface area contributed by atoms with Gasteiger partial charge in [-0.1, -0.05) is 6.07 Å². The number of aliphatic carboxylic acids is 1. The number of aryl methyl sites for hydroxylation is 1. The fraction of sp³-hybridized carbons (Fsp3) is 0.444. The van der Waals surface area contributed by atoms with Gasteiger partial charge in [-0.15, -0.1) is 0 Å². The zero-order chi connectivity index (χ0) is 17.1. The van der Waals surface area contributed by atoms with Gasteiger partial charge in [0.15, 0.2) is 0 Å². The minimum atomic E-state index is -0.809. The number of hydrogen-bond acceptors (Lipinski definition) is 3. The van der Waals surface area contributed by atoms with Crippen molar-refractivity contribution in [3.05, 3.63) is 30.5 Å². The lowest BCUT2D eigenvalue weighted by molar-refractivity contribution is -0.145. The topological polar surface area (TPSA) is 71.8 Å². The molecular weight excluding hydrogens is 308 g/mol. The van der Waals surface area contributed by atoms with Gasteiger partial charge in [0.05, 0.1) is 18.5 Å². The molecule has 6 heteroatoms. The highest BCUT2D eigenvalue weighted by molar-refractivity contribution is 5.86. The summed E-state index contributed by atoms with van der Waals surface area (Å²) in [5.41, 5.74) is 1.03. The Morgan fingerprint density at radius 3 is 2.92 bits per heavy atom. The molecule has 1 amide bonds. The van der Waals surface area contributed by atoms with Crippen LogP contribution in [0.15, 0.2) is 30.5 Å². The maximum atomic E-state index is 12.4. The first-order valence-electron chi connectivity index (χ1n) is 8.22. The number of likely N-dealkylation sites (tertiary alicyclic amines) is 1.